The van der Waals surface area contributed by atoms with Crippen LogP contribution in [0.25, 0.3) is 0 Å². The molecule has 0 saturated heterocycles. The molecule has 16 heavy (non-hydrogen) atoms. The first-order chi connectivity index (χ1) is 7.50. The van der Waals surface area contributed by atoms with Crippen LogP contribution in [0.5, 0.6) is 0 Å². The van der Waals surface area contributed by atoms with Crippen LogP contribution in [0.15, 0.2) is 22.7 Å². The largest absolute Gasteiger partial charge is 0.335 e. The van der Waals surface area contributed by atoms with Crippen molar-refractivity contribution in [2.45, 2.75) is 20.8 Å². The number of halogens is 1. The van der Waals surface area contributed by atoms with Gasteiger partial charge in [0, 0.05) is 17.2 Å². The summed E-state index contributed by atoms with van der Waals surface area (Å²) in [5.41, 5.74) is 1.79. The van der Waals surface area contributed by atoms with Crippen LogP contribution in [0.4, 0.5) is 10.5 Å². The molecular weight excluding hydrogens is 270 g/mol. The summed E-state index contributed by atoms with van der Waals surface area (Å²) >= 11 is 3.38. The normalized spacial score (nSPS) is 8.88. The number of urea groups is 1. The van der Waals surface area contributed by atoms with Gasteiger partial charge in [-0.15, -0.1) is 0 Å². The van der Waals surface area contributed by atoms with E-state index in [0.29, 0.717) is 0 Å². The monoisotopic (exact) mass is 287 g/mol. The third kappa shape index (κ3) is 4.63. The van der Waals surface area contributed by atoms with E-state index in [0.717, 1.165) is 20.7 Å². The summed E-state index contributed by atoms with van der Waals surface area (Å²) in [5, 5.41) is 3.65. The lowest BCUT2D eigenvalue weighted by Gasteiger charge is -2.12. The summed E-state index contributed by atoms with van der Waals surface area (Å²) in [6, 6.07) is 5.21. The van der Waals surface area contributed by atoms with E-state index in [1.54, 1.807) is 6.07 Å². The van der Waals surface area contributed by atoms with Gasteiger partial charge in [0.1, 0.15) is 0 Å². The molecule has 0 fully saturated rings. The fourth-order valence-corrected chi connectivity index (χ4v) is 1.18. The zero-order valence-electron chi connectivity index (χ0n) is 10.0. The number of rotatable bonds is 1. The van der Waals surface area contributed by atoms with Crippen LogP contribution in [0, 0.1) is 6.92 Å². The third-order valence-corrected chi connectivity index (χ3v) is 2.62. The Bertz CT molecular complexity index is 353. The molecule has 0 bridgehead atoms. The maximum Gasteiger partial charge on any atom is 0.335 e. The number of aryl methyl sites for hydroxylation is 1. The Labute approximate surface area is 105 Å². The highest BCUT2D eigenvalue weighted by Gasteiger charge is 2.04. The second-order valence-electron chi connectivity index (χ2n) is 3.01. The molecule has 1 aromatic carbocycles. The second-order valence-corrected chi connectivity index (χ2v) is 3.86. The number of nitrogens with zero attached hydrogens (tertiary/aromatic N) is 1. The molecule has 0 saturated carbocycles. The molecule has 0 aliphatic carbocycles. The van der Waals surface area contributed by atoms with E-state index < -0.39 is 0 Å². The first kappa shape index (κ1) is 14.9. The minimum atomic E-state index is -0.341. The van der Waals surface area contributed by atoms with Crippen molar-refractivity contribution in [2.24, 2.45) is 5.84 Å². The Kier molecular flexibility index (Phi) is 6.76. The molecule has 0 atom stereocenters. The molecule has 0 spiro atoms. The van der Waals surface area contributed by atoms with E-state index in [9.17, 15) is 4.79 Å². The quantitative estimate of drug-likeness (QED) is 0.474. The van der Waals surface area contributed by atoms with Gasteiger partial charge in [-0.1, -0.05) is 29.8 Å². The Morgan fingerprint density at radius 1 is 1.44 bits per heavy atom. The fourth-order valence-electron chi connectivity index (χ4n) is 0.934. The van der Waals surface area contributed by atoms with Crippen molar-refractivity contribution in [1.82, 2.24) is 5.01 Å². The van der Waals surface area contributed by atoms with Crippen LogP contribution in [-0.2, 0) is 0 Å². The van der Waals surface area contributed by atoms with Crippen molar-refractivity contribution in [1.29, 1.82) is 0 Å². The topological polar surface area (TPSA) is 58.4 Å². The zero-order valence-corrected chi connectivity index (χ0v) is 11.6. The van der Waals surface area contributed by atoms with Crippen molar-refractivity contribution < 1.29 is 4.79 Å². The molecule has 0 aliphatic heterocycles. The molecular formula is C11H18BrN3O. The van der Waals surface area contributed by atoms with Gasteiger partial charge in [0.15, 0.2) is 0 Å². The predicted molar refractivity (Wildman–Crippen MR) is 71.2 cm³/mol. The molecule has 2 amide bonds. The summed E-state index contributed by atoms with van der Waals surface area (Å²) in [6.45, 7) is 5.95. The Hall–Kier alpha value is -1.07. The number of anilines is 1. The van der Waals surface area contributed by atoms with E-state index in [1.807, 2.05) is 32.9 Å². The number of hydrogen-bond acceptors (Lipinski definition) is 2. The van der Waals surface area contributed by atoms with Gasteiger partial charge < -0.3 is 5.32 Å². The van der Waals surface area contributed by atoms with Crippen LogP contribution >= 0.6 is 15.9 Å². The molecule has 0 aliphatic rings. The molecule has 1 aromatic rings. The molecule has 1 rings (SSSR count). The summed E-state index contributed by atoms with van der Waals surface area (Å²) in [5.74, 6) is 5.26. The average molecular weight is 288 g/mol. The van der Waals surface area contributed by atoms with E-state index in [-0.39, 0.29) is 6.03 Å². The maximum atomic E-state index is 11.2. The Balaban J connectivity index is 0.00000106. The van der Waals surface area contributed by atoms with Gasteiger partial charge in [-0.25, -0.2) is 10.6 Å². The van der Waals surface area contributed by atoms with Gasteiger partial charge in [-0.05, 0) is 30.7 Å². The lowest BCUT2D eigenvalue weighted by atomic mass is 10.2. The van der Waals surface area contributed by atoms with Gasteiger partial charge in [-0.3, -0.25) is 5.01 Å². The molecule has 4 nitrogen and oxygen atoms in total. The minimum Gasteiger partial charge on any atom is -0.307 e. The summed E-state index contributed by atoms with van der Waals surface area (Å²) in [6.07, 6.45) is 0. The van der Waals surface area contributed by atoms with Crippen molar-refractivity contribution in [3.63, 3.8) is 0 Å². The molecule has 0 radical (unpaired) electrons. The van der Waals surface area contributed by atoms with Crippen molar-refractivity contribution in [3.8, 4) is 0 Å². The van der Waals surface area contributed by atoms with Crippen LogP contribution in [0.2, 0.25) is 0 Å². The molecule has 5 heteroatoms. The summed E-state index contributed by atoms with van der Waals surface area (Å²) in [4.78, 5) is 11.2. The third-order valence-electron chi connectivity index (χ3n) is 1.73. The lowest BCUT2D eigenvalue weighted by Crippen LogP contribution is -2.36. The predicted octanol–water partition coefficient (Wildman–Crippen LogP) is 3.12. The molecule has 3 N–H and O–H groups in total. The number of nitrogens with one attached hydrogen (secondary N) is 1. The molecule has 0 heterocycles. The van der Waals surface area contributed by atoms with Gasteiger partial charge >= 0.3 is 6.03 Å². The van der Waals surface area contributed by atoms with E-state index >= 15 is 0 Å². The SMILES string of the molecule is CC.Cc1cc(NC(=O)N(C)N)ccc1Br. The van der Waals surface area contributed by atoms with Crippen molar-refractivity contribution in [2.75, 3.05) is 12.4 Å². The standard InChI is InChI=1S/C9H12BrN3O.C2H6/c1-6-5-7(3-4-8(6)10)12-9(14)13(2)11;1-2/h3-5H,11H2,1-2H3,(H,12,14);1-2H3. The number of carbonyl (C=O) groups excluding carboxylic acids is 1. The molecule has 0 unspecified atom stereocenters. The first-order valence-corrected chi connectivity index (χ1v) is 5.85. The smallest absolute Gasteiger partial charge is 0.307 e. The van der Waals surface area contributed by atoms with Crippen molar-refractivity contribution >= 4 is 27.6 Å². The van der Waals surface area contributed by atoms with Gasteiger partial charge in [0.25, 0.3) is 0 Å². The Morgan fingerprint density at radius 2 is 2.00 bits per heavy atom. The summed E-state index contributed by atoms with van der Waals surface area (Å²) in [7, 11) is 1.49. The van der Waals surface area contributed by atoms with E-state index in [1.165, 1.54) is 7.05 Å². The van der Waals surface area contributed by atoms with Gasteiger partial charge in [0.05, 0.1) is 0 Å². The maximum absolute atomic E-state index is 11.2. The Morgan fingerprint density at radius 3 is 2.44 bits per heavy atom. The highest BCUT2D eigenvalue weighted by molar-refractivity contribution is 9.10. The minimum absolute atomic E-state index is 0.341. The van der Waals surface area contributed by atoms with Crippen LogP contribution in [0.3, 0.4) is 0 Å². The number of benzene rings is 1. The zero-order chi connectivity index (χ0) is 12.7. The van der Waals surface area contributed by atoms with Crippen LogP contribution < -0.4 is 11.2 Å². The summed E-state index contributed by atoms with van der Waals surface area (Å²) < 4.78 is 1.01. The fraction of sp³-hybridized carbons (Fsp3) is 0.364. The van der Waals surface area contributed by atoms with Gasteiger partial charge in [0.2, 0.25) is 0 Å². The lowest BCUT2D eigenvalue weighted by molar-refractivity contribution is 0.223. The number of hydrogen-bond donors (Lipinski definition) is 2. The van der Waals surface area contributed by atoms with Gasteiger partial charge in [-0.2, -0.15) is 0 Å². The highest BCUT2D eigenvalue weighted by Crippen LogP contribution is 2.19. The molecule has 90 valence electrons. The van der Waals surface area contributed by atoms with E-state index in [4.69, 9.17) is 5.84 Å². The highest BCUT2D eigenvalue weighted by atomic mass is 79.9. The van der Waals surface area contributed by atoms with Crippen LogP contribution in [0.1, 0.15) is 19.4 Å². The van der Waals surface area contributed by atoms with Crippen molar-refractivity contribution in [3.05, 3.63) is 28.2 Å². The molecule has 0 aromatic heterocycles. The van der Waals surface area contributed by atoms with Crippen LogP contribution in [-0.4, -0.2) is 18.1 Å². The number of carbonyl (C=O) groups is 1. The first-order valence-electron chi connectivity index (χ1n) is 5.06. The second kappa shape index (κ2) is 7.24. The number of amides is 2. The number of hydrazine groups is 1. The van der Waals surface area contributed by atoms with E-state index in [2.05, 4.69) is 21.2 Å². The average Bonchev–Trinajstić information content (AvgIpc) is 2.26. The number of nitrogens with two attached hydrogens (primary N) is 1.